The Balaban J connectivity index is 2.18. The minimum Gasteiger partial charge on any atom is -0.496 e. The van der Waals surface area contributed by atoms with Gasteiger partial charge >= 0.3 is 0 Å². The Hall–Kier alpha value is -3.54. The molecule has 0 saturated carbocycles. The molecule has 28 heavy (non-hydrogen) atoms. The van der Waals surface area contributed by atoms with E-state index in [4.69, 9.17) is 18.6 Å². The molecule has 0 saturated heterocycles. The maximum atomic E-state index is 12.9. The fourth-order valence-electron chi connectivity index (χ4n) is 3.32. The first-order valence-electron chi connectivity index (χ1n) is 8.57. The number of rotatable bonds is 5. The van der Waals surface area contributed by atoms with Crippen LogP contribution in [0.5, 0.6) is 17.2 Å². The van der Waals surface area contributed by atoms with Crippen molar-refractivity contribution in [3.8, 4) is 28.6 Å². The molecule has 0 bridgehead atoms. The molecule has 0 amide bonds. The van der Waals surface area contributed by atoms with Gasteiger partial charge in [-0.2, -0.15) is 0 Å². The highest BCUT2D eigenvalue weighted by Gasteiger charge is 2.20. The molecule has 0 radical (unpaired) electrons. The highest BCUT2D eigenvalue weighted by molar-refractivity contribution is 6.13. The summed E-state index contributed by atoms with van der Waals surface area (Å²) in [6, 6.07) is 15.6. The second-order valence-electron chi connectivity index (χ2n) is 6.07. The number of benzene rings is 3. The zero-order valence-corrected chi connectivity index (χ0v) is 15.3. The summed E-state index contributed by atoms with van der Waals surface area (Å²) in [5.74, 6) is 1.51. The van der Waals surface area contributed by atoms with Gasteiger partial charge in [0, 0.05) is 11.6 Å². The first kappa shape index (κ1) is 17.9. The van der Waals surface area contributed by atoms with Crippen molar-refractivity contribution in [3.05, 3.63) is 64.8 Å². The molecule has 0 aliphatic heterocycles. The van der Waals surface area contributed by atoms with Gasteiger partial charge in [-0.3, -0.25) is 4.79 Å². The number of alkyl halides is 1. The summed E-state index contributed by atoms with van der Waals surface area (Å²) in [5, 5.41) is 1.29. The summed E-state index contributed by atoms with van der Waals surface area (Å²) in [7, 11) is 2.98. The number of methoxy groups -OCH3 is 2. The molecule has 0 aliphatic carbocycles. The lowest BCUT2D eigenvalue weighted by molar-refractivity contribution is 0.193. The predicted molar refractivity (Wildman–Crippen MR) is 105 cm³/mol. The third kappa shape index (κ3) is 2.83. The highest BCUT2D eigenvalue weighted by atomic mass is 19.1. The molecule has 1 heterocycles. The number of halogens is 1. The third-order valence-electron chi connectivity index (χ3n) is 4.57. The average molecular weight is 380 g/mol. The van der Waals surface area contributed by atoms with Gasteiger partial charge in [0.2, 0.25) is 6.86 Å². The third-order valence-corrected chi connectivity index (χ3v) is 4.57. The second-order valence-corrected chi connectivity index (χ2v) is 6.07. The molecule has 0 atom stereocenters. The molecular weight excluding hydrogens is 363 g/mol. The van der Waals surface area contributed by atoms with Gasteiger partial charge in [0.25, 0.3) is 0 Å². The maximum absolute atomic E-state index is 12.9. The average Bonchev–Trinajstić information content (AvgIpc) is 2.74. The van der Waals surface area contributed by atoms with E-state index in [0.717, 1.165) is 5.56 Å². The first-order chi connectivity index (χ1) is 13.7. The maximum Gasteiger partial charge on any atom is 0.228 e. The van der Waals surface area contributed by atoms with E-state index in [1.807, 2.05) is 30.3 Å². The molecule has 0 fully saturated rings. The quantitative estimate of drug-likeness (QED) is 0.459. The van der Waals surface area contributed by atoms with E-state index in [9.17, 15) is 9.18 Å². The lowest BCUT2D eigenvalue weighted by Crippen LogP contribution is -2.03. The normalized spacial score (nSPS) is 11.0. The molecular formula is C22H17FO5. The molecule has 3 aromatic carbocycles. The number of ether oxygens (including phenoxy) is 3. The fraction of sp³-hybridized carbons (Fsp3) is 0.136. The molecule has 4 rings (SSSR count). The molecule has 5 nitrogen and oxygen atoms in total. The van der Waals surface area contributed by atoms with Gasteiger partial charge in [0.15, 0.2) is 11.0 Å². The van der Waals surface area contributed by atoms with Crippen LogP contribution in [0, 0.1) is 0 Å². The minimum atomic E-state index is -1.00. The number of hydrogen-bond donors (Lipinski definition) is 0. The Kier molecular flexibility index (Phi) is 4.61. The topological polar surface area (TPSA) is 57.9 Å². The Morgan fingerprint density at radius 1 is 0.893 bits per heavy atom. The van der Waals surface area contributed by atoms with Gasteiger partial charge in [-0.1, -0.05) is 30.3 Å². The second kappa shape index (κ2) is 7.23. The van der Waals surface area contributed by atoms with Gasteiger partial charge in [0.1, 0.15) is 23.0 Å². The fourth-order valence-corrected chi connectivity index (χ4v) is 3.32. The first-order valence-corrected chi connectivity index (χ1v) is 8.57. The smallest absolute Gasteiger partial charge is 0.228 e. The van der Waals surface area contributed by atoms with Crippen LogP contribution in [0.4, 0.5) is 4.39 Å². The van der Waals surface area contributed by atoms with Crippen molar-refractivity contribution in [1.82, 2.24) is 0 Å². The predicted octanol–water partition coefficient (Wildman–Crippen LogP) is 4.94. The monoisotopic (exact) mass is 380 g/mol. The largest absolute Gasteiger partial charge is 0.496 e. The molecule has 6 heteroatoms. The van der Waals surface area contributed by atoms with Gasteiger partial charge in [-0.15, -0.1) is 0 Å². The molecule has 0 unspecified atom stereocenters. The summed E-state index contributed by atoms with van der Waals surface area (Å²) in [5.41, 5.74) is 0.864. The summed E-state index contributed by atoms with van der Waals surface area (Å²) in [4.78, 5) is 12.8. The van der Waals surface area contributed by atoms with Gasteiger partial charge < -0.3 is 18.6 Å². The van der Waals surface area contributed by atoms with E-state index in [1.54, 1.807) is 18.2 Å². The molecule has 0 N–H and O–H groups in total. The van der Waals surface area contributed by atoms with Crippen LogP contribution in [0.1, 0.15) is 0 Å². The molecule has 142 valence electrons. The van der Waals surface area contributed by atoms with Crippen LogP contribution in [0.3, 0.4) is 0 Å². The highest BCUT2D eigenvalue weighted by Crippen LogP contribution is 2.44. The van der Waals surface area contributed by atoms with E-state index in [2.05, 4.69) is 0 Å². The Morgan fingerprint density at radius 2 is 1.61 bits per heavy atom. The Labute approximate surface area is 159 Å². The van der Waals surface area contributed by atoms with E-state index in [0.29, 0.717) is 39.0 Å². The van der Waals surface area contributed by atoms with E-state index >= 15 is 0 Å². The standard InChI is InChI=1S/C22H17FO5/c1-25-16-8-9-17(27-12-23)20-19(26-2)10-14-15(24)11-18(28-22(14)21(16)20)13-6-4-3-5-7-13/h3-11H,12H2,1-2H3. The molecule has 0 aliphatic rings. The van der Waals surface area contributed by atoms with Crippen LogP contribution >= 0.6 is 0 Å². The SMILES string of the molecule is COc1cc2c(=O)cc(-c3ccccc3)oc2c2c(OC)ccc(OCF)c12. The van der Waals surface area contributed by atoms with Crippen molar-refractivity contribution in [2.24, 2.45) is 0 Å². The summed E-state index contributed by atoms with van der Waals surface area (Å²) in [6.07, 6.45) is 0. The van der Waals surface area contributed by atoms with E-state index < -0.39 is 6.86 Å². The lowest BCUT2D eigenvalue weighted by atomic mass is 10.0. The van der Waals surface area contributed by atoms with Gasteiger partial charge in [0.05, 0.1) is 30.4 Å². The Morgan fingerprint density at radius 3 is 2.29 bits per heavy atom. The lowest BCUT2D eigenvalue weighted by Gasteiger charge is -2.15. The van der Waals surface area contributed by atoms with Crippen LogP contribution < -0.4 is 19.6 Å². The molecule has 1 aromatic heterocycles. The minimum absolute atomic E-state index is 0.223. The Bertz CT molecular complexity index is 1210. The van der Waals surface area contributed by atoms with Crippen LogP contribution in [-0.2, 0) is 0 Å². The van der Waals surface area contributed by atoms with Crippen LogP contribution in [-0.4, -0.2) is 21.1 Å². The van der Waals surface area contributed by atoms with Crippen LogP contribution in [0.2, 0.25) is 0 Å². The molecule has 4 aromatic rings. The van der Waals surface area contributed by atoms with Gasteiger partial charge in [-0.25, -0.2) is 4.39 Å². The summed E-state index contributed by atoms with van der Waals surface area (Å²) < 4.78 is 35.1. The van der Waals surface area contributed by atoms with Crippen molar-refractivity contribution in [1.29, 1.82) is 0 Å². The van der Waals surface area contributed by atoms with Crippen molar-refractivity contribution < 1.29 is 23.0 Å². The van der Waals surface area contributed by atoms with Crippen LogP contribution in [0.15, 0.2) is 63.8 Å². The number of fused-ring (bicyclic) bond motifs is 3. The van der Waals surface area contributed by atoms with Crippen molar-refractivity contribution in [2.45, 2.75) is 0 Å². The summed E-state index contributed by atoms with van der Waals surface area (Å²) >= 11 is 0. The summed E-state index contributed by atoms with van der Waals surface area (Å²) in [6.45, 7) is -1.00. The van der Waals surface area contributed by atoms with Crippen LogP contribution in [0.25, 0.3) is 33.1 Å². The van der Waals surface area contributed by atoms with Gasteiger partial charge in [-0.05, 0) is 18.2 Å². The van der Waals surface area contributed by atoms with E-state index in [-0.39, 0.29) is 11.2 Å². The zero-order chi connectivity index (χ0) is 19.7. The molecule has 0 spiro atoms. The van der Waals surface area contributed by atoms with Crippen molar-refractivity contribution >= 4 is 21.7 Å². The number of hydrogen-bond acceptors (Lipinski definition) is 5. The zero-order valence-electron chi connectivity index (χ0n) is 15.3. The van der Waals surface area contributed by atoms with Crippen molar-refractivity contribution in [2.75, 3.05) is 21.1 Å². The van der Waals surface area contributed by atoms with E-state index in [1.165, 1.54) is 20.3 Å². The van der Waals surface area contributed by atoms with Crippen molar-refractivity contribution in [3.63, 3.8) is 0 Å².